The molecule has 0 heterocycles. The van der Waals surface area contributed by atoms with Crippen molar-refractivity contribution in [3.8, 4) is 0 Å². The lowest BCUT2D eigenvalue weighted by molar-refractivity contribution is -0.146. The SMILES string of the molecule is C1CCCCC1.O=C(O)[C@@H](O)c1ccccc1. The van der Waals surface area contributed by atoms with E-state index in [0.717, 1.165) is 0 Å². The molecule has 3 nitrogen and oxygen atoms in total. The zero-order chi connectivity index (χ0) is 12.5. The zero-order valence-electron chi connectivity index (χ0n) is 10.0. The third-order valence-corrected chi connectivity index (χ3v) is 2.85. The Balaban J connectivity index is 0.000000202. The molecular weight excluding hydrogens is 216 g/mol. The third-order valence-electron chi connectivity index (χ3n) is 2.85. The first-order valence-electron chi connectivity index (χ1n) is 6.17. The van der Waals surface area contributed by atoms with E-state index < -0.39 is 12.1 Å². The van der Waals surface area contributed by atoms with Gasteiger partial charge in [0.2, 0.25) is 0 Å². The molecule has 0 saturated heterocycles. The normalized spacial score (nSPS) is 16.5. The van der Waals surface area contributed by atoms with E-state index in [2.05, 4.69) is 0 Å². The number of carboxylic acids is 1. The summed E-state index contributed by atoms with van der Waals surface area (Å²) < 4.78 is 0. The number of hydrogen-bond donors (Lipinski definition) is 2. The van der Waals surface area contributed by atoms with Gasteiger partial charge < -0.3 is 10.2 Å². The fourth-order valence-corrected chi connectivity index (χ4v) is 1.84. The molecule has 0 bridgehead atoms. The molecule has 0 aliphatic heterocycles. The van der Waals surface area contributed by atoms with Gasteiger partial charge in [-0.3, -0.25) is 0 Å². The number of aliphatic hydroxyl groups is 1. The predicted molar refractivity (Wildman–Crippen MR) is 66.7 cm³/mol. The van der Waals surface area contributed by atoms with Crippen molar-refractivity contribution < 1.29 is 15.0 Å². The molecular formula is C14H20O3. The summed E-state index contributed by atoms with van der Waals surface area (Å²) >= 11 is 0. The van der Waals surface area contributed by atoms with Crippen LogP contribution in [0, 0.1) is 0 Å². The largest absolute Gasteiger partial charge is 0.479 e. The molecule has 0 radical (unpaired) electrons. The van der Waals surface area contributed by atoms with Crippen molar-refractivity contribution in [2.45, 2.75) is 44.6 Å². The maximum atomic E-state index is 10.2. The van der Waals surface area contributed by atoms with Crippen molar-refractivity contribution >= 4 is 5.97 Å². The first-order chi connectivity index (χ1) is 8.22. The number of carbonyl (C=O) groups is 1. The summed E-state index contributed by atoms with van der Waals surface area (Å²) in [6, 6.07) is 8.26. The highest BCUT2D eigenvalue weighted by Gasteiger charge is 2.14. The first-order valence-corrected chi connectivity index (χ1v) is 6.17. The maximum absolute atomic E-state index is 10.2. The smallest absolute Gasteiger partial charge is 0.337 e. The molecule has 1 aliphatic rings. The molecule has 0 unspecified atom stereocenters. The van der Waals surface area contributed by atoms with Gasteiger partial charge in [0, 0.05) is 0 Å². The van der Waals surface area contributed by atoms with Crippen LogP contribution in [0.15, 0.2) is 30.3 Å². The van der Waals surface area contributed by atoms with Crippen molar-refractivity contribution in [3.05, 3.63) is 35.9 Å². The average molecular weight is 236 g/mol. The van der Waals surface area contributed by atoms with Gasteiger partial charge in [-0.1, -0.05) is 68.9 Å². The molecule has 0 spiro atoms. The Labute approximate surface area is 102 Å². The van der Waals surface area contributed by atoms with Crippen LogP contribution >= 0.6 is 0 Å². The van der Waals surface area contributed by atoms with Crippen LogP contribution in [0.2, 0.25) is 0 Å². The van der Waals surface area contributed by atoms with Crippen molar-refractivity contribution in [1.29, 1.82) is 0 Å². The summed E-state index contributed by atoms with van der Waals surface area (Å²) in [5.74, 6) is -1.23. The minimum Gasteiger partial charge on any atom is -0.479 e. The van der Waals surface area contributed by atoms with Gasteiger partial charge in [-0.05, 0) is 5.56 Å². The van der Waals surface area contributed by atoms with Crippen LogP contribution in [-0.2, 0) is 4.79 Å². The summed E-state index contributed by atoms with van der Waals surface area (Å²) in [7, 11) is 0. The Kier molecular flexibility index (Phi) is 6.33. The standard InChI is InChI=1S/C8H8O3.C6H12/c9-7(8(10)11)6-4-2-1-3-5-6;1-2-4-6-5-3-1/h1-5,7,9H,(H,10,11);1-6H2/t7-;/m0./s1. The van der Waals surface area contributed by atoms with Gasteiger partial charge in [0.15, 0.2) is 6.10 Å². The lowest BCUT2D eigenvalue weighted by atomic mass is 10.0. The molecule has 0 amide bonds. The van der Waals surface area contributed by atoms with Crippen LogP contribution in [0.4, 0.5) is 0 Å². The van der Waals surface area contributed by atoms with E-state index in [9.17, 15) is 4.79 Å². The number of aliphatic carboxylic acids is 1. The Morgan fingerprint density at radius 2 is 1.35 bits per heavy atom. The highest BCUT2D eigenvalue weighted by atomic mass is 16.4. The predicted octanol–water partition coefficient (Wildman–Crippen LogP) is 3.15. The summed E-state index contributed by atoms with van der Waals surface area (Å²) in [4.78, 5) is 10.2. The van der Waals surface area contributed by atoms with Crippen LogP contribution in [0.3, 0.4) is 0 Å². The van der Waals surface area contributed by atoms with Crippen molar-refractivity contribution in [1.82, 2.24) is 0 Å². The minimum atomic E-state index is -1.41. The number of benzene rings is 1. The van der Waals surface area contributed by atoms with Gasteiger partial charge in [-0.2, -0.15) is 0 Å². The molecule has 1 saturated carbocycles. The second-order valence-electron chi connectivity index (χ2n) is 4.27. The lowest BCUT2D eigenvalue weighted by Crippen LogP contribution is -2.09. The third kappa shape index (κ3) is 5.50. The minimum absolute atomic E-state index is 0.403. The Bertz CT molecular complexity index is 306. The van der Waals surface area contributed by atoms with Crippen LogP contribution in [0.1, 0.15) is 50.2 Å². The molecule has 1 fully saturated rings. The van der Waals surface area contributed by atoms with Crippen LogP contribution < -0.4 is 0 Å². The number of carboxylic acid groups (broad SMARTS) is 1. The molecule has 3 heteroatoms. The molecule has 17 heavy (non-hydrogen) atoms. The van der Waals surface area contributed by atoms with Gasteiger partial charge >= 0.3 is 5.97 Å². The van der Waals surface area contributed by atoms with E-state index >= 15 is 0 Å². The monoisotopic (exact) mass is 236 g/mol. The van der Waals surface area contributed by atoms with Gasteiger partial charge in [-0.15, -0.1) is 0 Å². The molecule has 1 atom stereocenters. The van der Waals surface area contributed by atoms with Gasteiger partial charge in [0.25, 0.3) is 0 Å². The second-order valence-corrected chi connectivity index (χ2v) is 4.27. The molecule has 2 N–H and O–H groups in total. The summed E-state index contributed by atoms with van der Waals surface area (Å²) in [6.07, 6.45) is 7.59. The first kappa shape index (κ1) is 13.7. The van der Waals surface area contributed by atoms with Crippen molar-refractivity contribution in [2.24, 2.45) is 0 Å². The summed E-state index contributed by atoms with van der Waals surface area (Å²) in [5, 5.41) is 17.4. The summed E-state index contributed by atoms with van der Waals surface area (Å²) in [6.45, 7) is 0. The molecule has 94 valence electrons. The molecule has 2 rings (SSSR count). The Morgan fingerprint density at radius 3 is 1.71 bits per heavy atom. The molecule has 1 aliphatic carbocycles. The number of rotatable bonds is 2. The molecule has 1 aromatic rings. The van der Waals surface area contributed by atoms with E-state index in [1.807, 2.05) is 0 Å². The summed E-state index contributed by atoms with van der Waals surface area (Å²) in [5.41, 5.74) is 0.403. The Hall–Kier alpha value is -1.35. The average Bonchev–Trinajstić information content (AvgIpc) is 2.41. The van der Waals surface area contributed by atoms with E-state index in [4.69, 9.17) is 10.2 Å². The fourth-order valence-electron chi connectivity index (χ4n) is 1.84. The van der Waals surface area contributed by atoms with Crippen molar-refractivity contribution in [2.75, 3.05) is 0 Å². The fraction of sp³-hybridized carbons (Fsp3) is 0.500. The number of hydrogen-bond acceptors (Lipinski definition) is 2. The topological polar surface area (TPSA) is 57.5 Å². The van der Waals surface area contributed by atoms with Gasteiger partial charge in [0.05, 0.1) is 0 Å². The van der Waals surface area contributed by atoms with E-state index in [0.29, 0.717) is 5.56 Å². The van der Waals surface area contributed by atoms with E-state index in [-0.39, 0.29) is 0 Å². The quantitative estimate of drug-likeness (QED) is 0.829. The van der Waals surface area contributed by atoms with Crippen LogP contribution in [0.25, 0.3) is 0 Å². The van der Waals surface area contributed by atoms with Gasteiger partial charge in [-0.25, -0.2) is 4.79 Å². The second kappa shape index (κ2) is 7.85. The zero-order valence-corrected chi connectivity index (χ0v) is 10.0. The lowest BCUT2D eigenvalue weighted by Gasteiger charge is -2.05. The Morgan fingerprint density at radius 1 is 0.941 bits per heavy atom. The maximum Gasteiger partial charge on any atom is 0.337 e. The van der Waals surface area contributed by atoms with Crippen LogP contribution in [0.5, 0.6) is 0 Å². The number of aliphatic hydroxyl groups excluding tert-OH is 1. The van der Waals surface area contributed by atoms with Crippen molar-refractivity contribution in [3.63, 3.8) is 0 Å². The van der Waals surface area contributed by atoms with Gasteiger partial charge in [0.1, 0.15) is 0 Å². The van der Waals surface area contributed by atoms with E-state index in [1.165, 1.54) is 38.5 Å². The molecule has 0 aromatic heterocycles. The highest BCUT2D eigenvalue weighted by molar-refractivity contribution is 5.73. The highest BCUT2D eigenvalue weighted by Crippen LogP contribution is 2.15. The van der Waals surface area contributed by atoms with Crippen LogP contribution in [-0.4, -0.2) is 16.2 Å². The molecule has 1 aromatic carbocycles. The van der Waals surface area contributed by atoms with E-state index in [1.54, 1.807) is 30.3 Å².